The number of nitrogens with zero attached hydrogens (tertiary/aromatic N) is 1. The lowest BCUT2D eigenvalue weighted by atomic mass is 9.97. The molecule has 2 N–H and O–H groups in total. The topological polar surface area (TPSA) is 114 Å². The molecule has 34 heavy (non-hydrogen) atoms. The lowest BCUT2D eigenvalue weighted by Gasteiger charge is -2.32. The van der Waals surface area contributed by atoms with Gasteiger partial charge in [-0.25, -0.2) is 4.79 Å². The number of benzene rings is 1. The molecule has 2 unspecified atom stereocenters. The smallest absolute Gasteiger partial charge is 0.408 e. The molecule has 186 valence electrons. The maximum atomic E-state index is 13.5. The monoisotopic (exact) mass is 473 g/mol. The minimum Gasteiger partial charge on any atom is -0.468 e. The molecule has 0 radical (unpaired) electrons. The highest BCUT2D eigenvalue weighted by Gasteiger charge is 2.35. The first-order chi connectivity index (χ1) is 15.8. The number of amides is 3. The third kappa shape index (κ3) is 8.77. The molecular weight excluding hydrogens is 438 g/mol. The lowest BCUT2D eigenvalue weighted by molar-refractivity contribution is -0.144. The van der Waals surface area contributed by atoms with Gasteiger partial charge in [0.15, 0.2) is 0 Å². The van der Waals surface area contributed by atoms with Crippen molar-refractivity contribution in [2.45, 2.75) is 58.7 Å². The van der Waals surface area contributed by atoms with Crippen molar-refractivity contribution < 1.29 is 28.7 Å². The summed E-state index contributed by atoms with van der Waals surface area (Å²) in [6.07, 6.45) is 5.20. The van der Waals surface area contributed by atoms with Gasteiger partial charge in [0, 0.05) is 12.6 Å². The summed E-state index contributed by atoms with van der Waals surface area (Å²) in [6, 6.07) is 4.60. The summed E-state index contributed by atoms with van der Waals surface area (Å²) in [5.41, 5.74) is 0.0772. The number of carbonyl (C=O) groups is 4. The minimum atomic E-state index is -1.15. The normalized spacial score (nSPS) is 12.7. The van der Waals surface area contributed by atoms with Gasteiger partial charge in [-0.3, -0.25) is 14.4 Å². The highest BCUT2D eigenvalue weighted by atomic mass is 16.6. The first kappa shape index (κ1) is 28.5. The number of rotatable bonds is 9. The molecule has 2 atom stereocenters. The fourth-order valence-electron chi connectivity index (χ4n) is 3.24. The third-order valence-corrected chi connectivity index (χ3v) is 4.72. The standard InChI is InChI=1S/C25H35N3O6/c1-9-17-12-10-11-13-18(17)21(22(30)26-15-20(29)33-8)28(7)23(31)19(14-16(2)3)27-24(32)34-25(4,5)6/h1,10-13,16,19,21H,14-15H2,2-8H3,(H,26,30)(H,27,32). The van der Waals surface area contributed by atoms with Crippen molar-refractivity contribution in [3.63, 3.8) is 0 Å². The zero-order valence-electron chi connectivity index (χ0n) is 20.9. The number of hydrogen-bond donors (Lipinski definition) is 2. The van der Waals surface area contributed by atoms with Crippen LogP contribution in [0.25, 0.3) is 0 Å². The molecule has 9 heteroatoms. The number of methoxy groups -OCH3 is 1. The molecule has 0 aliphatic heterocycles. The average molecular weight is 474 g/mol. The van der Waals surface area contributed by atoms with E-state index >= 15 is 0 Å². The van der Waals surface area contributed by atoms with E-state index in [0.717, 1.165) is 0 Å². The van der Waals surface area contributed by atoms with E-state index in [-0.39, 0.29) is 12.5 Å². The van der Waals surface area contributed by atoms with Gasteiger partial charge < -0.3 is 25.0 Å². The summed E-state index contributed by atoms with van der Waals surface area (Å²) < 4.78 is 9.88. The van der Waals surface area contributed by atoms with Crippen LogP contribution in [-0.2, 0) is 23.9 Å². The molecule has 0 spiro atoms. The van der Waals surface area contributed by atoms with Crippen molar-refractivity contribution in [2.24, 2.45) is 5.92 Å². The van der Waals surface area contributed by atoms with Crippen LogP contribution in [0.15, 0.2) is 24.3 Å². The molecule has 0 bridgehead atoms. The van der Waals surface area contributed by atoms with Gasteiger partial charge in [-0.1, -0.05) is 38.0 Å². The summed E-state index contributed by atoms with van der Waals surface area (Å²) in [5, 5.41) is 5.10. The number of likely N-dealkylation sites (N-methyl/N-ethyl adjacent to an activating group) is 1. The summed E-state index contributed by atoms with van der Waals surface area (Å²) in [4.78, 5) is 51.8. The number of ether oxygens (including phenoxy) is 2. The number of carbonyl (C=O) groups excluding carboxylic acids is 4. The Morgan fingerprint density at radius 3 is 2.29 bits per heavy atom. The largest absolute Gasteiger partial charge is 0.468 e. The molecule has 1 rings (SSSR count). The van der Waals surface area contributed by atoms with Crippen molar-refractivity contribution >= 4 is 23.9 Å². The zero-order valence-corrected chi connectivity index (χ0v) is 20.9. The molecule has 0 saturated carbocycles. The molecule has 3 amide bonds. The van der Waals surface area contributed by atoms with E-state index in [1.807, 2.05) is 13.8 Å². The van der Waals surface area contributed by atoms with Crippen LogP contribution in [-0.4, -0.2) is 61.1 Å². The van der Waals surface area contributed by atoms with Crippen LogP contribution in [0.4, 0.5) is 4.79 Å². The van der Waals surface area contributed by atoms with Gasteiger partial charge in [0.1, 0.15) is 24.2 Å². The summed E-state index contributed by atoms with van der Waals surface area (Å²) >= 11 is 0. The highest BCUT2D eigenvalue weighted by molar-refractivity contribution is 5.93. The second-order valence-electron chi connectivity index (χ2n) is 9.21. The number of nitrogens with one attached hydrogen (secondary N) is 2. The Labute approximate surface area is 201 Å². The van der Waals surface area contributed by atoms with Crippen LogP contribution in [0.1, 0.15) is 58.2 Å². The Hall–Kier alpha value is -3.54. The van der Waals surface area contributed by atoms with Crippen LogP contribution in [0.5, 0.6) is 0 Å². The molecule has 0 heterocycles. The van der Waals surface area contributed by atoms with Gasteiger partial charge in [-0.2, -0.15) is 0 Å². The van der Waals surface area contributed by atoms with Crippen molar-refractivity contribution in [3.05, 3.63) is 35.4 Å². The lowest BCUT2D eigenvalue weighted by Crippen LogP contribution is -2.52. The van der Waals surface area contributed by atoms with Crippen LogP contribution in [0, 0.1) is 18.3 Å². The number of terminal acetylenes is 1. The summed E-state index contributed by atoms with van der Waals surface area (Å²) in [6.45, 7) is 8.59. The van der Waals surface area contributed by atoms with Crippen molar-refractivity contribution in [1.82, 2.24) is 15.5 Å². The predicted octanol–water partition coefficient (Wildman–Crippen LogP) is 2.40. The third-order valence-electron chi connectivity index (χ3n) is 4.72. The van der Waals surface area contributed by atoms with E-state index in [2.05, 4.69) is 21.3 Å². The number of alkyl carbamates (subject to hydrolysis) is 1. The second kappa shape index (κ2) is 12.6. The van der Waals surface area contributed by atoms with Crippen LogP contribution in [0.3, 0.4) is 0 Å². The zero-order chi connectivity index (χ0) is 26.1. The summed E-state index contributed by atoms with van der Waals surface area (Å²) in [7, 11) is 2.65. The van der Waals surface area contributed by atoms with Crippen LogP contribution < -0.4 is 10.6 Å². The Morgan fingerprint density at radius 2 is 1.76 bits per heavy atom. The molecule has 0 aliphatic rings. The first-order valence-electron chi connectivity index (χ1n) is 11.0. The molecule has 0 aliphatic carbocycles. The van der Waals surface area contributed by atoms with Gasteiger partial charge in [0.05, 0.1) is 7.11 Å². The maximum absolute atomic E-state index is 13.5. The van der Waals surface area contributed by atoms with Crippen LogP contribution in [0.2, 0.25) is 0 Å². The van der Waals surface area contributed by atoms with Gasteiger partial charge in [0.2, 0.25) is 11.8 Å². The second-order valence-corrected chi connectivity index (χ2v) is 9.21. The molecule has 1 aromatic rings. The Balaban J connectivity index is 3.33. The molecule has 0 aromatic heterocycles. The Kier molecular flexibility index (Phi) is 10.6. The van der Waals surface area contributed by atoms with Gasteiger partial charge >= 0.3 is 12.1 Å². The van der Waals surface area contributed by atoms with E-state index in [1.54, 1.807) is 45.0 Å². The fourth-order valence-corrected chi connectivity index (χ4v) is 3.24. The Morgan fingerprint density at radius 1 is 1.15 bits per heavy atom. The molecule has 9 nitrogen and oxygen atoms in total. The number of hydrogen-bond acceptors (Lipinski definition) is 6. The number of esters is 1. The first-order valence-corrected chi connectivity index (χ1v) is 11.0. The van der Waals surface area contributed by atoms with E-state index in [1.165, 1.54) is 19.1 Å². The fraction of sp³-hybridized carbons (Fsp3) is 0.520. The van der Waals surface area contributed by atoms with E-state index in [0.29, 0.717) is 17.5 Å². The van der Waals surface area contributed by atoms with E-state index in [9.17, 15) is 19.2 Å². The molecule has 0 saturated heterocycles. The quantitative estimate of drug-likeness (QED) is 0.421. The van der Waals surface area contributed by atoms with Crippen molar-refractivity contribution in [2.75, 3.05) is 20.7 Å². The van der Waals surface area contributed by atoms with Crippen LogP contribution >= 0.6 is 0 Å². The molecular formula is C25H35N3O6. The summed E-state index contributed by atoms with van der Waals surface area (Å²) in [5.74, 6) is 0.805. The van der Waals surface area contributed by atoms with Crippen molar-refractivity contribution in [3.8, 4) is 12.3 Å². The van der Waals surface area contributed by atoms with Gasteiger partial charge in [-0.15, -0.1) is 6.42 Å². The van der Waals surface area contributed by atoms with Crippen molar-refractivity contribution in [1.29, 1.82) is 0 Å². The maximum Gasteiger partial charge on any atom is 0.408 e. The average Bonchev–Trinajstić information content (AvgIpc) is 2.75. The predicted molar refractivity (Wildman–Crippen MR) is 128 cm³/mol. The van der Waals surface area contributed by atoms with E-state index < -0.39 is 41.6 Å². The molecule has 0 fully saturated rings. The Bertz CT molecular complexity index is 929. The van der Waals surface area contributed by atoms with Gasteiger partial charge in [-0.05, 0) is 44.7 Å². The molecule has 1 aromatic carbocycles. The van der Waals surface area contributed by atoms with E-state index in [4.69, 9.17) is 11.2 Å². The van der Waals surface area contributed by atoms with Gasteiger partial charge in [0.25, 0.3) is 0 Å². The minimum absolute atomic E-state index is 0.0573. The SMILES string of the molecule is C#Cc1ccccc1C(C(=O)NCC(=O)OC)N(C)C(=O)C(CC(C)C)NC(=O)OC(C)(C)C. The highest BCUT2D eigenvalue weighted by Crippen LogP contribution is 2.25.